The highest BCUT2D eigenvalue weighted by atomic mass is 16.6. The van der Waals surface area contributed by atoms with Gasteiger partial charge in [-0.05, 0) is 18.2 Å². The number of unbranched alkanes of at least 4 members (excludes halogenated alkanes) is 2. The molecule has 0 aromatic carbocycles. The maximum Gasteiger partial charge on any atom is 0.183 e. The van der Waals surface area contributed by atoms with Gasteiger partial charge in [-0.25, -0.2) is 0 Å². The van der Waals surface area contributed by atoms with E-state index in [1.807, 2.05) is 6.92 Å². The molecule has 5 unspecified atom stereocenters. The second kappa shape index (κ2) is 15.4. The Hall–Kier alpha value is -1.52. The van der Waals surface area contributed by atoms with Gasteiger partial charge in [-0.3, -0.25) is 0 Å². The Balaban J connectivity index is 0. The molecule has 10 heteroatoms. The Kier molecular flexibility index (Phi) is 15.9. The second-order valence-electron chi connectivity index (χ2n) is 4.45. The summed E-state index contributed by atoms with van der Waals surface area (Å²) in [6.07, 6.45) is -5.38. The maximum atomic E-state index is 10.2. The Morgan fingerprint density at radius 3 is 2.17 bits per heavy atom. The van der Waals surface area contributed by atoms with Gasteiger partial charge < -0.3 is 35.1 Å². The second-order valence-corrected chi connectivity index (χ2v) is 4.45. The number of hydrogen-bond donors (Lipinski definition) is 5. The summed E-state index contributed by atoms with van der Waals surface area (Å²) in [5, 5.41) is 49.4. The highest BCUT2D eigenvalue weighted by molar-refractivity contribution is 5.56. The van der Waals surface area contributed by atoms with Crippen LogP contribution < -0.4 is 0 Å². The van der Waals surface area contributed by atoms with Gasteiger partial charge in [0.15, 0.2) is 12.6 Å². The first-order chi connectivity index (χ1) is 10.9. The minimum Gasteiger partial charge on any atom is -0.387 e. The third kappa shape index (κ3) is 11.7. The lowest BCUT2D eigenvalue weighted by atomic mass is 10.0. The summed E-state index contributed by atoms with van der Waals surface area (Å²) in [4.78, 5) is 12.6. The minimum absolute atomic E-state index is 0.0229. The van der Waals surface area contributed by atoms with Crippen LogP contribution in [-0.4, -0.2) is 69.1 Å². The summed E-state index contributed by atoms with van der Waals surface area (Å²) in [6.45, 7) is 5.32. The van der Waals surface area contributed by atoms with Gasteiger partial charge in [-0.2, -0.15) is 0 Å². The number of carbonyl (C=O) groups excluding carboxylic acids is 1. The molecule has 0 saturated heterocycles. The number of azide groups is 1. The summed E-state index contributed by atoms with van der Waals surface area (Å²) >= 11 is 0. The zero-order valence-corrected chi connectivity index (χ0v) is 13.0. The SMILES string of the molecule is C=CN=[N+]=[N-].CCCCCOC(O)C(O)C(O)C(O)C(O)C=O. The predicted octanol–water partition coefficient (Wildman–Crippen LogP) is -0.406. The minimum atomic E-state index is -1.88. The molecule has 0 aliphatic carbocycles. The topological polar surface area (TPSA) is 176 Å². The highest BCUT2D eigenvalue weighted by Gasteiger charge is 2.34. The number of aldehydes is 1. The molecule has 134 valence electrons. The smallest absolute Gasteiger partial charge is 0.183 e. The molecule has 0 radical (unpaired) electrons. The Morgan fingerprint density at radius 2 is 1.78 bits per heavy atom. The van der Waals surface area contributed by atoms with Crippen LogP contribution in [0, 0.1) is 0 Å². The van der Waals surface area contributed by atoms with Crippen molar-refractivity contribution in [1.82, 2.24) is 0 Å². The lowest BCUT2D eigenvalue weighted by Crippen LogP contribution is -2.50. The number of aliphatic hydroxyl groups is 5. The summed E-state index contributed by atoms with van der Waals surface area (Å²) in [6, 6.07) is 0. The van der Waals surface area contributed by atoms with E-state index in [2.05, 4.69) is 16.6 Å². The summed E-state index contributed by atoms with van der Waals surface area (Å²) in [7, 11) is 0. The molecule has 0 heterocycles. The molecule has 0 bridgehead atoms. The summed E-state index contributed by atoms with van der Waals surface area (Å²) in [5.74, 6) is 0. The lowest BCUT2D eigenvalue weighted by molar-refractivity contribution is -0.209. The van der Waals surface area contributed by atoms with Crippen LogP contribution in [0.4, 0.5) is 0 Å². The van der Waals surface area contributed by atoms with Crippen LogP contribution >= 0.6 is 0 Å². The molecule has 0 aromatic heterocycles. The molecule has 0 fully saturated rings. The van der Waals surface area contributed by atoms with Crippen molar-refractivity contribution in [2.45, 2.75) is 56.9 Å². The van der Waals surface area contributed by atoms with E-state index in [1.165, 1.54) is 0 Å². The van der Waals surface area contributed by atoms with Crippen molar-refractivity contribution in [2.75, 3.05) is 6.61 Å². The molecule has 0 aromatic rings. The third-order valence-corrected chi connectivity index (χ3v) is 2.65. The largest absolute Gasteiger partial charge is 0.387 e. The molecular formula is C13H25N3O7. The standard InChI is InChI=1S/C11H22O7.C2H3N3/c1-2-3-4-5-18-11(17)10(16)9(15)8(14)7(13)6-12;1-2-4-5-3/h6-11,13-17H,2-5H2,1H3;2H,1H2. The average Bonchev–Trinajstić information content (AvgIpc) is 2.57. The summed E-state index contributed by atoms with van der Waals surface area (Å²) in [5.41, 5.74) is 7.45. The molecule has 0 rings (SSSR count). The van der Waals surface area contributed by atoms with Gasteiger partial charge in [0.1, 0.15) is 24.4 Å². The zero-order chi connectivity index (χ0) is 18.3. The number of aliphatic hydroxyl groups excluding tert-OH is 5. The predicted molar refractivity (Wildman–Crippen MR) is 80.9 cm³/mol. The molecule has 0 saturated carbocycles. The van der Waals surface area contributed by atoms with Crippen molar-refractivity contribution in [3.63, 3.8) is 0 Å². The van der Waals surface area contributed by atoms with Gasteiger partial charge >= 0.3 is 0 Å². The average molecular weight is 335 g/mol. The van der Waals surface area contributed by atoms with Gasteiger partial charge in [-0.1, -0.05) is 31.5 Å². The van der Waals surface area contributed by atoms with E-state index >= 15 is 0 Å². The van der Waals surface area contributed by atoms with E-state index in [1.54, 1.807) is 0 Å². The zero-order valence-electron chi connectivity index (χ0n) is 13.0. The lowest BCUT2D eigenvalue weighted by Gasteiger charge is -2.27. The van der Waals surface area contributed by atoms with E-state index in [0.717, 1.165) is 19.0 Å². The van der Waals surface area contributed by atoms with E-state index in [4.69, 9.17) is 15.4 Å². The van der Waals surface area contributed by atoms with Gasteiger partial charge in [0, 0.05) is 11.5 Å². The van der Waals surface area contributed by atoms with E-state index in [0.29, 0.717) is 6.42 Å². The number of rotatable bonds is 11. The summed E-state index contributed by atoms with van der Waals surface area (Å²) < 4.78 is 4.85. The molecule has 0 amide bonds. The molecule has 0 aliphatic heterocycles. The van der Waals surface area contributed by atoms with E-state index in [9.17, 15) is 25.2 Å². The van der Waals surface area contributed by atoms with Crippen LogP contribution in [-0.2, 0) is 9.53 Å². The first kappa shape index (κ1) is 23.7. The fourth-order valence-electron chi connectivity index (χ4n) is 1.34. The number of hydrogen-bond acceptors (Lipinski definition) is 8. The van der Waals surface area contributed by atoms with Gasteiger partial charge in [0.25, 0.3) is 0 Å². The Labute approximate surface area is 134 Å². The fourth-order valence-corrected chi connectivity index (χ4v) is 1.34. The Morgan fingerprint density at radius 1 is 1.17 bits per heavy atom. The first-order valence-corrected chi connectivity index (χ1v) is 6.99. The van der Waals surface area contributed by atoms with Crippen molar-refractivity contribution in [3.8, 4) is 0 Å². The number of ether oxygens (including phenoxy) is 1. The molecular weight excluding hydrogens is 310 g/mol. The quantitative estimate of drug-likeness (QED) is 0.0851. The van der Waals surface area contributed by atoms with Gasteiger partial charge in [0.2, 0.25) is 0 Å². The Bertz CT molecular complexity index is 363. The third-order valence-electron chi connectivity index (χ3n) is 2.65. The molecule has 5 N–H and O–H groups in total. The van der Waals surface area contributed by atoms with E-state index in [-0.39, 0.29) is 12.9 Å². The van der Waals surface area contributed by atoms with Crippen LogP contribution in [0.15, 0.2) is 17.9 Å². The first-order valence-electron chi connectivity index (χ1n) is 6.99. The van der Waals surface area contributed by atoms with Crippen LogP contribution in [0.25, 0.3) is 10.4 Å². The molecule has 0 spiro atoms. The normalized spacial score (nSPS) is 16.6. The van der Waals surface area contributed by atoms with Crippen LogP contribution in [0.1, 0.15) is 26.2 Å². The van der Waals surface area contributed by atoms with Crippen LogP contribution in [0.2, 0.25) is 0 Å². The maximum absolute atomic E-state index is 10.2. The van der Waals surface area contributed by atoms with Crippen molar-refractivity contribution >= 4 is 6.29 Å². The van der Waals surface area contributed by atoms with Crippen molar-refractivity contribution in [1.29, 1.82) is 0 Å². The molecule has 5 atom stereocenters. The molecule has 0 aliphatic rings. The molecule has 23 heavy (non-hydrogen) atoms. The van der Waals surface area contributed by atoms with Gasteiger partial charge in [0.05, 0.1) is 0 Å². The van der Waals surface area contributed by atoms with Crippen LogP contribution in [0.5, 0.6) is 0 Å². The molecule has 10 nitrogen and oxygen atoms in total. The highest BCUT2D eigenvalue weighted by Crippen LogP contribution is 2.09. The van der Waals surface area contributed by atoms with Crippen molar-refractivity contribution in [2.24, 2.45) is 5.11 Å². The van der Waals surface area contributed by atoms with Crippen molar-refractivity contribution < 1.29 is 35.1 Å². The van der Waals surface area contributed by atoms with Crippen molar-refractivity contribution in [3.05, 3.63) is 23.2 Å². The number of carbonyl (C=O) groups is 1. The monoisotopic (exact) mass is 335 g/mol. The van der Waals surface area contributed by atoms with Crippen LogP contribution in [0.3, 0.4) is 0 Å². The number of nitrogens with zero attached hydrogens (tertiary/aromatic N) is 3. The van der Waals surface area contributed by atoms with Gasteiger partial charge in [-0.15, -0.1) is 0 Å². The van der Waals surface area contributed by atoms with E-state index < -0.39 is 30.7 Å². The fraction of sp³-hybridized carbons (Fsp3) is 0.769.